The quantitative estimate of drug-likeness (QED) is 0.900. The summed E-state index contributed by atoms with van der Waals surface area (Å²) in [6.07, 6.45) is 10.0. The lowest BCUT2D eigenvalue weighted by molar-refractivity contribution is -0.140. The average Bonchev–Trinajstić information content (AvgIpc) is 3.19. The van der Waals surface area contributed by atoms with Crippen LogP contribution in [0.15, 0.2) is 18.3 Å². The van der Waals surface area contributed by atoms with E-state index in [0.717, 1.165) is 51.7 Å². The van der Waals surface area contributed by atoms with E-state index in [9.17, 15) is 14.7 Å². The predicted molar refractivity (Wildman–Crippen MR) is 98.3 cm³/mol. The van der Waals surface area contributed by atoms with Gasteiger partial charge in [0.2, 0.25) is 5.91 Å². The van der Waals surface area contributed by atoms with Gasteiger partial charge in [-0.05, 0) is 44.2 Å². The van der Waals surface area contributed by atoms with Crippen LogP contribution in [0.4, 0.5) is 5.82 Å². The molecule has 1 spiro atoms. The van der Waals surface area contributed by atoms with Crippen molar-refractivity contribution in [2.75, 3.05) is 24.5 Å². The predicted octanol–water partition coefficient (Wildman–Crippen LogP) is 2.93. The Labute approximate surface area is 154 Å². The fourth-order valence-corrected chi connectivity index (χ4v) is 5.13. The van der Waals surface area contributed by atoms with E-state index in [1.165, 1.54) is 12.8 Å². The van der Waals surface area contributed by atoms with E-state index in [1.54, 1.807) is 18.3 Å². The number of nitrogens with zero attached hydrogens (tertiary/aromatic N) is 3. The molecule has 6 heteroatoms. The number of likely N-dealkylation sites (tertiary alicyclic amines) is 1. The van der Waals surface area contributed by atoms with Gasteiger partial charge < -0.3 is 14.9 Å². The van der Waals surface area contributed by atoms with E-state index in [-0.39, 0.29) is 11.0 Å². The number of piperidine rings is 2. The highest BCUT2D eigenvalue weighted by molar-refractivity contribution is 5.93. The lowest BCUT2D eigenvalue weighted by atomic mass is 9.73. The van der Waals surface area contributed by atoms with Crippen LogP contribution in [0.2, 0.25) is 0 Å². The molecule has 6 nitrogen and oxygen atoms in total. The molecule has 0 unspecified atom stereocenters. The summed E-state index contributed by atoms with van der Waals surface area (Å²) in [5.74, 6) is -0.0498. The highest BCUT2D eigenvalue weighted by atomic mass is 16.4. The minimum Gasteiger partial charge on any atom is -0.478 e. The average molecular weight is 357 g/mol. The van der Waals surface area contributed by atoms with E-state index in [4.69, 9.17) is 0 Å². The first kappa shape index (κ1) is 17.3. The minimum atomic E-state index is -0.931. The SMILES string of the molecule is O=C(O)c1cccnc1N1CCC[C@@]2(CCC(=O)N(C3CCCC3)C2)C1. The second-order valence-electron chi connectivity index (χ2n) is 8.16. The Hall–Kier alpha value is -2.11. The van der Waals surface area contributed by atoms with Crippen LogP contribution in [0.5, 0.6) is 0 Å². The first-order chi connectivity index (χ1) is 12.6. The summed E-state index contributed by atoms with van der Waals surface area (Å²) in [6, 6.07) is 3.72. The molecule has 3 fully saturated rings. The van der Waals surface area contributed by atoms with Gasteiger partial charge in [0, 0.05) is 43.7 Å². The van der Waals surface area contributed by atoms with Gasteiger partial charge >= 0.3 is 5.97 Å². The summed E-state index contributed by atoms with van der Waals surface area (Å²) >= 11 is 0. The number of carboxylic acids is 1. The van der Waals surface area contributed by atoms with Gasteiger partial charge in [0.15, 0.2) is 0 Å². The Balaban J connectivity index is 1.56. The Morgan fingerprint density at radius 2 is 2.00 bits per heavy atom. The summed E-state index contributed by atoms with van der Waals surface area (Å²) < 4.78 is 0. The van der Waals surface area contributed by atoms with Crippen molar-refractivity contribution >= 4 is 17.7 Å². The van der Waals surface area contributed by atoms with Crippen LogP contribution in [-0.4, -0.2) is 52.5 Å². The molecule has 1 N–H and O–H groups in total. The van der Waals surface area contributed by atoms with Gasteiger partial charge in [0.05, 0.1) is 0 Å². The molecule has 4 rings (SSSR count). The number of pyridine rings is 1. The molecule has 26 heavy (non-hydrogen) atoms. The maximum atomic E-state index is 12.5. The van der Waals surface area contributed by atoms with E-state index in [1.807, 2.05) is 0 Å². The van der Waals surface area contributed by atoms with Gasteiger partial charge in [-0.1, -0.05) is 12.8 Å². The van der Waals surface area contributed by atoms with Crippen molar-refractivity contribution in [1.82, 2.24) is 9.88 Å². The molecule has 1 aromatic rings. The van der Waals surface area contributed by atoms with Gasteiger partial charge in [-0.25, -0.2) is 9.78 Å². The maximum absolute atomic E-state index is 12.5. The van der Waals surface area contributed by atoms with Crippen LogP contribution in [-0.2, 0) is 4.79 Å². The first-order valence-electron chi connectivity index (χ1n) is 9.81. The second kappa shape index (κ2) is 6.89. The van der Waals surface area contributed by atoms with Crippen molar-refractivity contribution in [2.24, 2.45) is 5.41 Å². The Kier molecular flexibility index (Phi) is 4.59. The molecule has 1 aromatic heterocycles. The number of carboxylic acid groups (broad SMARTS) is 1. The van der Waals surface area contributed by atoms with E-state index >= 15 is 0 Å². The number of carbonyl (C=O) groups excluding carboxylic acids is 1. The number of hydrogen-bond acceptors (Lipinski definition) is 4. The fourth-order valence-electron chi connectivity index (χ4n) is 5.13. The number of hydrogen-bond donors (Lipinski definition) is 1. The summed E-state index contributed by atoms with van der Waals surface area (Å²) in [4.78, 5) is 32.8. The highest BCUT2D eigenvalue weighted by Gasteiger charge is 2.44. The molecule has 2 aliphatic heterocycles. The van der Waals surface area contributed by atoms with Crippen LogP contribution in [0.25, 0.3) is 0 Å². The zero-order chi connectivity index (χ0) is 18.1. The number of carbonyl (C=O) groups is 2. The topological polar surface area (TPSA) is 73.7 Å². The Morgan fingerprint density at radius 3 is 2.77 bits per heavy atom. The monoisotopic (exact) mass is 357 g/mol. The zero-order valence-corrected chi connectivity index (χ0v) is 15.2. The third-order valence-electron chi connectivity index (χ3n) is 6.44. The fraction of sp³-hybridized carbons (Fsp3) is 0.650. The van der Waals surface area contributed by atoms with E-state index in [2.05, 4.69) is 14.8 Å². The lowest BCUT2D eigenvalue weighted by Gasteiger charge is -2.50. The van der Waals surface area contributed by atoms with E-state index < -0.39 is 5.97 Å². The van der Waals surface area contributed by atoms with Gasteiger partial charge in [-0.3, -0.25) is 4.79 Å². The molecule has 2 saturated heterocycles. The Morgan fingerprint density at radius 1 is 1.19 bits per heavy atom. The third kappa shape index (κ3) is 3.17. The number of aromatic carboxylic acids is 1. The van der Waals surface area contributed by atoms with Crippen molar-refractivity contribution in [3.05, 3.63) is 23.9 Å². The van der Waals surface area contributed by atoms with E-state index in [0.29, 0.717) is 24.2 Å². The zero-order valence-electron chi connectivity index (χ0n) is 15.2. The summed E-state index contributed by atoms with van der Waals surface area (Å²) in [6.45, 7) is 2.44. The van der Waals surface area contributed by atoms with Crippen LogP contribution < -0.4 is 4.90 Å². The molecule has 0 bridgehead atoms. The summed E-state index contributed by atoms with van der Waals surface area (Å²) in [5.41, 5.74) is 0.339. The van der Waals surface area contributed by atoms with Gasteiger partial charge in [-0.15, -0.1) is 0 Å². The molecule has 1 aliphatic carbocycles. The van der Waals surface area contributed by atoms with Crippen LogP contribution in [0.1, 0.15) is 61.7 Å². The molecular weight excluding hydrogens is 330 g/mol. The lowest BCUT2D eigenvalue weighted by Crippen LogP contribution is -2.56. The minimum absolute atomic E-state index is 0.0715. The summed E-state index contributed by atoms with van der Waals surface area (Å²) in [7, 11) is 0. The van der Waals surface area contributed by atoms with Crippen molar-refractivity contribution in [3.63, 3.8) is 0 Å². The number of anilines is 1. The Bertz CT molecular complexity index is 701. The molecule has 0 aromatic carbocycles. The van der Waals surface area contributed by atoms with Crippen LogP contribution in [0, 0.1) is 5.41 Å². The number of aromatic nitrogens is 1. The van der Waals surface area contributed by atoms with Crippen molar-refractivity contribution in [3.8, 4) is 0 Å². The van der Waals surface area contributed by atoms with Gasteiger partial charge in [0.25, 0.3) is 0 Å². The molecule has 1 saturated carbocycles. The number of rotatable bonds is 3. The van der Waals surface area contributed by atoms with Crippen LogP contribution >= 0.6 is 0 Å². The van der Waals surface area contributed by atoms with Crippen molar-refractivity contribution in [1.29, 1.82) is 0 Å². The largest absolute Gasteiger partial charge is 0.478 e. The molecule has 3 aliphatic rings. The van der Waals surface area contributed by atoms with Crippen LogP contribution in [0.3, 0.4) is 0 Å². The van der Waals surface area contributed by atoms with Crippen molar-refractivity contribution < 1.29 is 14.7 Å². The normalized spacial score (nSPS) is 27.3. The molecule has 1 amide bonds. The highest BCUT2D eigenvalue weighted by Crippen LogP contribution is 2.42. The summed E-state index contributed by atoms with van der Waals surface area (Å²) in [5, 5.41) is 9.50. The first-order valence-corrected chi connectivity index (χ1v) is 9.81. The molecule has 140 valence electrons. The molecule has 3 heterocycles. The standard InChI is InChI=1S/C20H27N3O3/c24-17-8-10-20(14-23(17)15-5-1-2-6-15)9-4-12-22(13-20)18-16(19(25)26)7-3-11-21-18/h3,7,11,15H,1-2,4-6,8-10,12-14H2,(H,25,26)/t20-/m1/s1. The third-order valence-corrected chi connectivity index (χ3v) is 6.44. The second-order valence-corrected chi connectivity index (χ2v) is 8.16. The van der Waals surface area contributed by atoms with Gasteiger partial charge in [0.1, 0.15) is 11.4 Å². The maximum Gasteiger partial charge on any atom is 0.339 e. The number of amides is 1. The van der Waals surface area contributed by atoms with Gasteiger partial charge in [-0.2, -0.15) is 0 Å². The van der Waals surface area contributed by atoms with Crippen molar-refractivity contribution in [2.45, 2.75) is 57.4 Å². The molecule has 1 atom stereocenters. The smallest absolute Gasteiger partial charge is 0.339 e. The molecule has 0 radical (unpaired) electrons. The molecular formula is C20H27N3O3.